The maximum atomic E-state index is 10.6. The summed E-state index contributed by atoms with van der Waals surface area (Å²) in [6, 6.07) is 1.88. The molecule has 0 aliphatic heterocycles. The van der Waals surface area contributed by atoms with E-state index in [0.717, 1.165) is 18.4 Å². The third-order valence-corrected chi connectivity index (χ3v) is 3.76. The van der Waals surface area contributed by atoms with Gasteiger partial charge in [-0.25, -0.2) is 0 Å². The SMILES string of the molecule is CC(O)(c1ccoc1)C1CCCCCC1. The first-order valence-electron chi connectivity index (χ1n) is 5.96. The van der Waals surface area contributed by atoms with E-state index in [1.54, 1.807) is 12.5 Å². The van der Waals surface area contributed by atoms with Gasteiger partial charge in [-0.3, -0.25) is 0 Å². The fourth-order valence-corrected chi connectivity index (χ4v) is 2.63. The lowest BCUT2D eigenvalue weighted by molar-refractivity contribution is -0.0130. The van der Waals surface area contributed by atoms with Gasteiger partial charge >= 0.3 is 0 Å². The molecule has 1 unspecified atom stereocenters. The first kappa shape index (κ1) is 10.7. The third-order valence-electron chi connectivity index (χ3n) is 3.76. The number of aliphatic hydroxyl groups is 1. The first-order chi connectivity index (χ1) is 7.21. The standard InChI is InChI=1S/C13H20O2/c1-13(14,12-8-9-15-10-12)11-6-4-2-3-5-7-11/h8-11,14H,2-7H2,1H3. The molecular weight excluding hydrogens is 188 g/mol. The van der Waals surface area contributed by atoms with Gasteiger partial charge in [0.15, 0.2) is 0 Å². The number of furan rings is 1. The van der Waals surface area contributed by atoms with Crippen LogP contribution in [0.3, 0.4) is 0 Å². The average molecular weight is 208 g/mol. The molecule has 1 aromatic rings. The topological polar surface area (TPSA) is 33.4 Å². The molecule has 1 heterocycles. The highest BCUT2D eigenvalue weighted by Gasteiger charge is 2.34. The molecule has 2 rings (SSSR count). The van der Waals surface area contributed by atoms with Gasteiger partial charge in [-0.1, -0.05) is 25.7 Å². The lowest BCUT2D eigenvalue weighted by atomic mass is 9.80. The van der Waals surface area contributed by atoms with E-state index in [1.807, 2.05) is 13.0 Å². The van der Waals surface area contributed by atoms with Crippen molar-refractivity contribution in [3.8, 4) is 0 Å². The molecule has 1 saturated carbocycles. The summed E-state index contributed by atoms with van der Waals surface area (Å²) in [5.41, 5.74) is 0.214. The fraction of sp³-hybridized carbons (Fsp3) is 0.692. The van der Waals surface area contributed by atoms with E-state index in [0.29, 0.717) is 5.92 Å². The quantitative estimate of drug-likeness (QED) is 0.755. The summed E-state index contributed by atoms with van der Waals surface area (Å²) in [5.74, 6) is 0.387. The maximum Gasteiger partial charge on any atom is 0.0963 e. The summed E-state index contributed by atoms with van der Waals surface area (Å²) in [6.07, 6.45) is 10.7. The van der Waals surface area contributed by atoms with Crippen LogP contribution < -0.4 is 0 Å². The zero-order chi connectivity index (χ0) is 10.7. The Kier molecular flexibility index (Phi) is 3.15. The number of hydrogen-bond acceptors (Lipinski definition) is 2. The Morgan fingerprint density at radius 3 is 2.47 bits per heavy atom. The van der Waals surface area contributed by atoms with E-state index >= 15 is 0 Å². The minimum absolute atomic E-state index is 0.387. The predicted octanol–water partition coefficient (Wildman–Crippen LogP) is 3.46. The smallest absolute Gasteiger partial charge is 0.0963 e. The molecule has 0 amide bonds. The van der Waals surface area contributed by atoms with Gasteiger partial charge in [-0.05, 0) is 31.7 Å². The summed E-state index contributed by atoms with van der Waals surface area (Å²) in [7, 11) is 0. The van der Waals surface area contributed by atoms with Crippen molar-refractivity contribution < 1.29 is 9.52 Å². The van der Waals surface area contributed by atoms with Crippen LogP contribution in [-0.4, -0.2) is 5.11 Å². The largest absolute Gasteiger partial charge is 0.472 e. The Hall–Kier alpha value is -0.760. The van der Waals surface area contributed by atoms with Crippen molar-refractivity contribution in [1.29, 1.82) is 0 Å². The molecule has 1 aliphatic rings. The Morgan fingerprint density at radius 2 is 1.93 bits per heavy atom. The van der Waals surface area contributed by atoms with Crippen LogP contribution in [0.1, 0.15) is 51.0 Å². The lowest BCUT2D eigenvalue weighted by Gasteiger charge is -2.31. The van der Waals surface area contributed by atoms with Gasteiger partial charge in [0.25, 0.3) is 0 Å². The normalized spacial score (nSPS) is 23.3. The van der Waals surface area contributed by atoms with E-state index < -0.39 is 5.60 Å². The molecule has 15 heavy (non-hydrogen) atoms. The first-order valence-corrected chi connectivity index (χ1v) is 5.96. The Balaban J connectivity index is 2.13. The van der Waals surface area contributed by atoms with Crippen LogP contribution in [0, 0.1) is 5.92 Å². The Bertz CT molecular complexity index is 279. The molecule has 0 aromatic carbocycles. The molecule has 1 aromatic heterocycles. The van der Waals surface area contributed by atoms with Crippen molar-refractivity contribution >= 4 is 0 Å². The van der Waals surface area contributed by atoms with Gasteiger partial charge in [0.05, 0.1) is 18.1 Å². The maximum absolute atomic E-state index is 10.6. The van der Waals surface area contributed by atoms with Crippen LogP contribution in [0.25, 0.3) is 0 Å². The van der Waals surface area contributed by atoms with Crippen molar-refractivity contribution in [2.75, 3.05) is 0 Å². The molecule has 0 bridgehead atoms. The molecule has 0 spiro atoms. The van der Waals surface area contributed by atoms with Crippen molar-refractivity contribution in [1.82, 2.24) is 0 Å². The van der Waals surface area contributed by atoms with Crippen LogP contribution in [0.15, 0.2) is 23.0 Å². The van der Waals surface area contributed by atoms with Crippen LogP contribution >= 0.6 is 0 Å². The minimum Gasteiger partial charge on any atom is -0.472 e. The van der Waals surface area contributed by atoms with Crippen molar-refractivity contribution in [3.63, 3.8) is 0 Å². The van der Waals surface area contributed by atoms with Gasteiger partial charge in [0.1, 0.15) is 0 Å². The van der Waals surface area contributed by atoms with E-state index in [1.165, 1.54) is 25.7 Å². The second-order valence-corrected chi connectivity index (χ2v) is 4.85. The summed E-state index contributed by atoms with van der Waals surface area (Å²) < 4.78 is 5.06. The molecule has 2 nitrogen and oxygen atoms in total. The Morgan fingerprint density at radius 1 is 1.27 bits per heavy atom. The highest BCUT2D eigenvalue weighted by Crippen LogP contribution is 2.38. The van der Waals surface area contributed by atoms with E-state index in [2.05, 4.69) is 0 Å². The zero-order valence-electron chi connectivity index (χ0n) is 9.41. The summed E-state index contributed by atoms with van der Waals surface area (Å²) >= 11 is 0. The lowest BCUT2D eigenvalue weighted by Crippen LogP contribution is -2.31. The van der Waals surface area contributed by atoms with Gasteiger partial charge < -0.3 is 9.52 Å². The molecule has 1 N–H and O–H groups in total. The van der Waals surface area contributed by atoms with Crippen molar-refractivity contribution in [3.05, 3.63) is 24.2 Å². The molecule has 0 saturated heterocycles. The van der Waals surface area contributed by atoms with Crippen LogP contribution in [0.5, 0.6) is 0 Å². The van der Waals surface area contributed by atoms with Crippen LogP contribution in [-0.2, 0) is 5.60 Å². The molecular formula is C13H20O2. The molecule has 2 heteroatoms. The summed E-state index contributed by atoms with van der Waals surface area (Å²) in [5, 5.41) is 10.6. The second-order valence-electron chi connectivity index (χ2n) is 4.85. The zero-order valence-corrected chi connectivity index (χ0v) is 9.41. The van der Waals surface area contributed by atoms with E-state index in [4.69, 9.17) is 4.42 Å². The molecule has 84 valence electrons. The van der Waals surface area contributed by atoms with Crippen molar-refractivity contribution in [2.45, 2.75) is 51.0 Å². The monoisotopic (exact) mass is 208 g/mol. The fourth-order valence-electron chi connectivity index (χ4n) is 2.63. The average Bonchev–Trinajstić information content (AvgIpc) is 2.61. The van der Waals surface area contributed by atoms with Gasteiger partial charge in [0.2, 0.25) is 0 Å². The van der Waals surface area contributed by atoms with Gasteiger partial charge in [0, 0.05) is 5.56 Å². The van der Waals surface area contributed by atoms with Gasteiger partial charge in [-0.15, -0.1) is 0 Å². The van der Waals surface area contributed by atoms with E-state index in [-0.39, 0.29) is 0 Å². The van der Waals surface area contributed by atoms with Crippen LogP contribution in [0.2, 0.25) is 0 Å². The number of hydrogen-bond donors (Lipinski definition) is 1. The van der Waals surface area contributed by atoms with Gasteiger partial charge in [-0.2, -0.15) is 0 Å². The highest BCUT2D eigenvalue weighted by molar-refractivity contribution is 5.16. The predicted molar refractivity (Wildman–Crippen MR) is 59.5 cm³/mol. The Labute approximate surface area is 91.3 Å². The second kappa shape index (κ2) is 4.40. The molecule has 0 radical (unpaired) electrons. The van der Waals surface area contributed by atoms with E-state index in [9.17, 15) is 5.11 Å². The molecule has 1 fully saturated rings. The minimum atomic E-state index is -0.711. The number of rotatable bonds is 2. The highest BCUT2D eigenvalue weighted by atomic mass is 16.3. The summed E-state index contributed by atoms with van der Waals surface area (Å²) in [4.78, 5) is 0. The van der Waals surface area contributed by atoms with Crippen LogP contribution in [0.4, 0.5) is 0 Å². The molecule has 1 atom stereocenters. The van der Waals surface area contributed by atoms with Crippen molar-refractivity contribution in [2.24, 2.45) is 5.92 Å². The molecule has 1 aliphatic carbocycles. The third kappa shape index (κ3) is 2.25. The summed E-state index contributed by atoms with van der Waals surface area (Å²) in [6.45, 7) is 1.92.